The van der Waals surface area contributed by atoms with Crippen molar-refractivity contribution in [2.75, 3.05) is 0 Å². The van der Waals surface area contributed by atoms with Gasteiger partial charge < -0.3 is 13.6 Å². The van der Waals surface area contributed by atoms with Crippen LogP contribution in [0.4, 0.5) is 0 Å². The Balaban J connectivity index is 2.08. The number of halogens is 6. The summed E-state index contributed by atoms with van der Waals surface area (Å²) in [6.07, 6.45) is 4.33. The van der Waals surface area contributed by atoms with E-state index in [2.05, 4.69) is 30.6 Å². The largest absolute Gasteiger partial charge is 0.647 e. The van der Waals surface area contributed by atoms with Gasteiger partial charge in [-0.3, -0.25) is 15.3 Å². The minimum absolute atomic E-state index is 0.0713. The molecule has 0 atom stereocenters. The zero-order chi connectivity index (χ0) is 23.3. The lowest BCUT2D eigenvalue weighted by atomic mass is 10.4. The summed E-state index contributed by atoms with van der Waals surface area (Å²) in [6.45, 7) is 0. The Morgan fingerprint density at radius 3 is 1.09 bits per heavy atom. The van der Waals surface area contributed by atoms with E-state index in [-0.39, 0.29) is 34.4 Å². The lowest BCUT2D eigenvalue weighted by molar-refractivity contribution is 0.257. The summed E-state index contributed by atoms with van der Waals surface area (Å²) in [4.78, 5) is 0. The first kappa shape index (κ1) is 24.9. The Hall–Kier alpha value is -1.78. The van der Waals surface area contributed by atoms with E-state index >= 15 is 0 Å². The number of nitrogens with one attached hydrogen (secondary N) is 3. The molecule has 3 aromatic heterocycles. The Bertz CT molecular complexity index is 1030. The molecule has 0 aliphatic heterocycles. The first-order chi connectivity index (χ1) is 15.2. The first-order valence-electron chi connectivity index (χ1n) is 8.05. The lowest BCUT2D eigenvalue weighted by Crippen LogP contribution is -2.03. The molecule has 0 saturated heterocycles. The molecule has 170 valence electrons. The predicted octanol–water partition coefficient (Wildman–Crippen LogP) is 6.73. The fraction of sp³-hybridized carbons (Fsp3) is 0. The van der Waals surface area contributed by atoms with Crippen LogP contribution in [0.3, 0.4) is 0 Å². The van der Waals surface area contributed by atoms with E-state index in [0.29, 0.717) is 0 Å². The highest BCUT2D eigenvalue weighted by atomic mass is 35.5. The second-order valence-electron chi connectivity index (χ2n) is 5.37. The van der Waals surface area contributed by atoms with Crippen molar-refractivity contribution in [1.29, 1.82) is 0 Å². The summed E-state index contributed by atoms with van der Waals surface area (Å²) in [7, 11) is -4.81. The van der Waals surface area contributed by atoms with Crippen LogP contribution < -0.4 is 0 Å². The second-order valence-corrected chi connectivity index (χ2v) is 9.66. The smallest absolute Gasteiger partial charge is 0.381 e. The quantitative estimate of drug-likeness (QED) is 0.189. The summed E-state index contributed by atoms with van der Waals surface area (Å²) in [5, 5.41) is 19.2. The minimum atomic E-state index is -4.81. The summed E-state index contributed by atoms with van der Waals surface area (Å²) >= 11 is 35.5. The molecule has 0 aliphatic carbocycles. The third-order valence-corrected chi connectivity index (χ3v) is 5.57. The Kier molecular flexibility index (Phi) is 8.46. The van der Waals surface area contributed by atoms with Crippen molar-refractivity contribution in [3.8, 4) is 0 Å². The maximum Gasteiger partial charge on any atom is 0.647 e. The standard InChI is InChI=1S/C15H9Cl6N6O4P/c16-13(17)10(7-1-4-22-25-7)29-32(28,30-11(14(18)19)8-2-5-23-26-8)31-12(15(20)21)9-3-6-24-27-9/h1-6H,(H,22,25)(H,23,26)(H,24,27). The van der Waals surface area contributed by atoms with Gasteiger partial charge in [0.1, 0.15) is 17.1 Å². The molecule has 0 fully saturated rings. The number of aromatic nitrogens is 6. The van der Waals surface area contributed by atoms with E-state index < -0.39 is 21.3 Å². The molecule has 0 amide bonds. The van der Waals surface area contributed by atoms with Gasteiger partial charge in [-0.05, 0) is 18.2 Å². The number of rotatable bonds is 9. The molecule has 0 aromatic carbocycles. The molecule has 0 bridgehead atoms. The molecule has 3 heterocycles. The molecule has 0 radical (unpaired) electrons. The third kappa shape index (κ3) is 6.17. The maximum absolute atomic E-state index is 13.8. The van der Waals surface area contributed by atoms with Gasteiger partial charge >= 0.3 is 7.82 Å². The van der Waals surface area contributed by atoms with Crippen LogP contribution in [0.2, 0.25) is 0 Å². The predicted molar refractivity (Wildman–Crippen MR) is 123 cm³/mol. The second kappa shape index (κ2) is 10.9. The van der Waals surface area contributed by atoms with Gasteiger partial charge in [-0.25, -0.2) is 0 Å². The number of hydrogen-bond donors (Lipinski definition) is 3. The maximum atomic E-state index is 13.8. The zero-order valence-corrected chi connectivity index (χ0v) is 20.6. The molecule has 3 rings (SSSR count). The van der Waals surface area contributed by atoms with E-state index in [1.54, 1.807) is 0 Å². The molecule has 0 spiro atoms. The van der Waals surface area contributed by atoms with Crippen LogP contribution in [-0.4, -0.2) is 30.6 Å². The van der Waals surface area contributed by atoms with E-state index in [9.17, 15) is 4.57 Å². The minimum Gasteiger partial charge on any atom is -0.381 e. The fourth-order valence-corrected chi connectivity index (χ4v) is 4.56. The van der Waals surface area contributed by atoms with Gasteiger partial charge in [0.15, 0.2) is 30.8 Å². The van der Waals surface area contributed by atoms with Crippen LogP contribution in [0.25, 0.3) is 17.3 Å². The average Bonchev–Trinajstić information content (AvgIpc) is 3.50. The van der Waals surface area contributed by atoms with E-state index in [0.717, 1.165) is 0 Å². The van der Waals surface area contributed by atoms with Crippen LogP contribution in [0.15, 0.2) is 50.3 Å². The van der Waals surface area contributed by atoms with E-state index in [1.165, 1.54) is 36.8 Å². The van der Waals surface area contributed by atoms with Crippen LogP contribution >= 0.6 is 77.4 Å². The highest BCUT2D eigenvalue weighted by molar-refractivity contribution is 7.49. The van der Waals surface area contributed by atoms with Crippen molar-refractivity contribution in [2.24, 2.45) is 0 Å². The van der Waals surface area contributed by atoms with Crippen molar-refractivity contribution in [3.63, 3.8) is 0 Å². The average molecular weight is 581 g/mol. The molecular weight excluding hydrogens is 572 g/mol. The topological polar surface area (TPSA) is 131 Å². The van der Waals surface area contributed by atoms with Crippen LogP contribution in [0.1, 0.15) is 17.1 Å². The van der Waals surface area contributed by atoms with Crippen molar-refractivity contribution < 1.29 is 18.1 Å². The Labute approximate surface area is 210 Å². The number of aromatic amines is 3. The zero-order valence-electron chi connectivity index (χ0n) is 15.2. The molecular formula is C15H9Cl6N6O4P. The van der Waals surface area contributed by atoms with Gasteiger partial charge in [-0.1, -0.05) is 69.6 Å². The fourth-order valence-electron chi connectivity index (χ4n) is 2.09. The highest BCUT2D eigenvalue weighted by Crippen LogP contribution is 2.60. The molecule has 3 N–H and O–H groups in total. The Morgan fingerprint density at radius 1 is 0.625 bits per heavy atom. The first-order valence-corrected chi connectivity index (χ1v) is 11.8. The normalized spacial score (nSPS) is 10.9. The summed E-state index contributed by atoms with van der Waals surface area (Å²) in [5.41, 5.74) is 0.214. The monoisotopic (exact) mass is 578 g/mol. The van der Waals surface area contributed by atoms with Gasteiger partial charge in [-0.15, -0.1) is 0 Å². The summed E-state index contributed by atoms with van der Waals surface area (Å²) in [5.74, 6) is -1.09. The summed E-state index contributed by atoms with van der Waals surface area (Å²) in [6, 6.07) is 4.30. The number of H-pyrrole nitrogens is 3. The van der Waals surface area contributed by atoms with Gasteiger partial charge in [0.05, 0.1) is 0 Å². The van der Waals surface area contributed by atoms with Crippen LogP contribution in [0.5, 0.6) is 0 Å². The molecule has 0 saturated carbocycles. The van der Waals surface area contributed by atoms with Crippen LogP contribution in [-0.2, 0) is 18.1 Å². The molecule has 3 aromatic rings. The van der Waals surface area contributed by atoms with Gasteiger partial charge in [0, 0.05) is 18.6 Å². The Morgan fingerprint density at radius 2 is 0.906 bits per heavy atom. The van der Waals surface area contributed by atoms with Crippen LogP contribution in [0, 0.1) is 0 Å². The molecule has 0 aliphatic rings. The van der Waals surface area contributed by atoms with Crippen molar-refractivity contribution in [1.82, 2.24) is 30.6 Å². The van der Waals surface area contributed by atoms with Crippen molar-refractivity contribution in [3.05, 3.63) is 67.3 Å². The molecule has 32 heavy (non-hydrogen) atoms. The van der Waals surface area contributed by atoms with Crippen molar-refractivity contribution >= 4 is 94.7 Å². The van der Waals surface area contributed by atoms with Gasteiger partial charge in [0.25, 0.3) is 0 Å². The molecule has 17 heteroatoms. The molecule has 0 unspecified atom stereocenters. The number of hydrogen-bond acceptors (Lipinski definition) is 7. The third-order valence-electron chi connectivity index (χ3n) is 3.32. The van der Waals surface area contributed by atoms with Gasteiger partial charge in [-0.2, -0.15) is 19.9 Å². The van der Waals surface area contributed by atoms with Crippen molar-refractivity contribution in [2.45, 2.75) is 0 Å². The summed E-state index contributed by atoms with van der Waals surface area (Å²) < 4.78 is 28.9. The molecule has 10 nitrogen and oxygen atoms in total. The van der Waals surface area contributed by atoms with E-state index in [4.69, 9.17) is 83.2 Å². The van der Waals surface area contributed by atoms with E-state index in [1.807, 2.05) is 0 Å². The van der Waals surface area contributed by atoms with Gasteiger partial charge in [0.2, 0.25) is 0 Å². The number of phosphoric acid groups is 1. The lowest BCUT2D eigenvalue weighted by Gasteiger charge is -2.22. The number of phosphoric ester groups is 1. The SMILES string of the molecule is O=P(OC(=C(Cl)Cl)c1cc[nH]n1)(OC(=C(Cl)Cl)c1cc[nH]n1)OC(=C(Cl)Cl)c1cc[nH]n1. The number of nitrogens with zero attached hydrogens (tertiary/aromatic N) is 3. The highest BCUT2D eigenvalue weighted by Gasteiger charge is 2.40.